The molecular formula is C19H28N2O3. The second-order valence-corrected chi connectivity index (χ2v) is 7.29. The van der Waals surface area contributed by atoms with Crippen molar-refractivity contribution in [3.63, 3.8) is 0 Å². The molecule has 1 unspecified atom stereocenters. The highest BCUT2D eigenvalue weighted by Gasteiger charge is 2.27. The summed E-state index contributed by atoms with van der Waals surface area (Å²) in [7, 11) is 1.87. The Labute approximate surface area is 144 Å². The molecule has 132 valence electrons. The SMILES string of the molecule is CN(C(=O)CCCNC(=O)OC(C)(C)C)C1CCc2ccccc21. The summed E-state index contributed by atoms with van der Waals surface area (Å²) < 4.78 is 5.17. The number of aryl methyl sites for hydroxylation is 1. The summed E-state index contributed by atoms with van der Waals surface area (Å²) in [4.78, 5) is 25.8. The third kappa shape index (κ3) is 4.98. The molecule has 1 aliphatic rings. The number of alkyl carbamates (subject to hydrolysis) is 1. The Morgan fingerprint density at radius 3 is 2.71 bits per heavy atom. The fourth-order valence-electron chi connectivity index (χ4n) is 3.03. The molecule has 1 aromatic carbocycles. The summed E-state index contributed by atoms with van der Waals surface area (Å²) >= 11 is 0. The molecule has 0 saturated carbocycles. The monoisotopic (exact) mass is 332 g/mol. The summed E-state index contributed by atoms with van der Waals surface area (Å²) in [6.07, 6.45) is 2.60. The van der Waals surface area contributed by atoms with Crippen molar-refractivity contribution in [2.75, 3.05) is 13.6 Å². The summed E-state index contributed by atoms with van der Waals surface area (Å²) in [5.41, 5.74) is 2.10. The molecule has 0 radical (unpaired) electrons. The van der Waals surface area contributed by atoms with E-state index in [1.165, 1.54) is 11.1 Å². The van der Waals surface area contributed by atoms with Crippen molar-refractivity contribution in [3.05, 3.63) is 35.4 Å². The third-order valence-corrected chi connectivity index (χ3v) is 4.20. The Balaban J connectivity index is 1.74. The van der Waals surface area contributed by atoms with Crippen molar-refractivity contribution in [2.45, 2.75) is 58.1 Å². The number of hydrogen-bond acceptors (Lipinski definition) is 3. The molecule has 1 aromatic rings. The van der Waals surface area contributed by atoms with E-state index < -0.39 is 11.7 Å². The van der Waals surface area contributed by atoms with Crippen LogP contribution in [0, 0.1) is 0 Å². The fraction of sp³-hybridized carbons (Fsp3) is 0.579. The lowest BCUT2D eigenvalue weighted by Crippen LogP contribution is -2.34. The van der Waals surface area contributed by atoms with Crippen LogP contribution in [0.15, 0.2) is 24.3 Å². The minimum absolute atomic E-state index is 0.114. The molecule has 0 heterocycles. The van der Waals surface area contributed by atoms with Gasteiger partial charge in [0.05, 0.1) is 6.04 Å². The molecular weight excluding hydrogens is 304 g/mol. The number of hydrogen-bond donors (Lipinski definition) is 1. The van der Waals surface area contributed by atoms with Gasteiger partial charge in [-0.25, -0.2) is 4.79 Å². The average Bonchev–Trinajstić information content (AvgIpc) is 2.93. The van der Waals surface area contributed by atoms with Crippen LogP contribution in [0.3, 0.4) is 0 Å². The molecule has 2 amide bonds. The maximum absolute atomic E-state index is 12.4. The lowest BCUT2D eigenvalue weighted by atomic mass is 10.1. The summed E-state index contributed by atoms with van der Waals surface area (Å²) in [6, 6.07) is 8.50. The molecule has 0 saturated heterocycles. The minimum Gasteiger partial charge on any atom is -0.444 e. The van der Waals surface area contributed by atoms with E-state index in [9.17, 15) is 9.59 Å². The highest BCUT2D eigenvalue weighted by molar-refractivity contribution is 5.76. The highest BCUT2D eigenvalue weighted by Crippen LogP contribution is 2.35. The van der Waals surface area contributed by atoms with Gasteiger partial charge in [0, 0.05) is 20.0 Å². The maximum atomic E-state index is 12.4. The quantitative estimate of drug-likeness (QED) is 0.840. The van der Waals surface area contributed by atoms with Crippen LogP contribution in [0.25, 0.3) is 0 Å². The van der Waals surface area contributed by atoms with Crippen molar-refractivity contribution in [1.29, 1.82) is 0 Å². The van der Waals surface area contributed by atoms with Gasteiger partial charge in [-0.3, -0.25) is 4.79 Å². The van der Waals surface area contributed by atoms with Crippen LogP contribution < -0.4 is 5.32 Å². The number of carbonyl (C=O) groups excluding carboxylic acids is 2. The average molecular weight is 332 g/mol. The topological polar surface area (TPSA) is 58.6 Å². The van der Waals surface area contributed by atoms with E-state index in [0.29, 0.717) is 19.4 Å². The van der Waals surface area contributed by atoms with Crippen molar-refractivity contribution in [2.24, 2.45) is 0 Å². The Morgan fingerprint density at radius 1 is 1.29 bits per heavy atom. The van der Waals surface area contributed by atoms with E-state index in [0.717, 1.165) is 12.8 Å². The normalized spacial score (nSPS) is 16.4. The first kappa shape index (κ1) is 18.3. The van der Waals surface area contributed by atoms with Gasteiger partial charge in [-0.2, -0.15) is 0 Å². The van der Waals surface area contributed by atoms with Crippen molar-refractivity contribution < 1.29 is 14.3 Å². The molecule has 5 heteroatoms. The summed E-state index contributed by atoms with van der Waals surface area (Å²) in [5, 5.41) is 2.69. The molecule has 24 heavy (non-hydrogen) atoms. The molecule has 5 nitrogen and oxygen atoms in total. The molecule has 0 spiro atoms. The second kappa shape index (κ2) is 7.69. The first-order chi connectivity index (χ1) is 11.3. The minimum atomic E-state index is -0.504. The molecule has 1 N–H and O–H groups in total. The predicted octanol–water partition coefficient (Wildman–Crippen LogP) is 3.44. The van der Waals surface area contributed by atoms with E-state index >= 15 is 0 Å². The lowest BCUT2D eigenvalue weighted by Gasteiger charge is -2.25. The molecule has 0 fully saturated rings. The molecule has 2 rings (SSSR count). The van der Waals surface area contributed by atoms with Crippen LogP contribution in [0.5, 0.6) is 0 Å². The number of nitrogens with zero attached hydrogens (tertiary/aromatic N) is 1. The van der Waals surface area contributed by atoms with E-state index in [1.54, 1.807) is 0 Å². The van der Waals surface area contributed by atoms with Crippen LogP contribution in [0.1, 0.15) is 57.2 Å². The Bertz CT molecular complexity index is 593. The van der Waals surface area contributed by atoms with Crippen LogP contribution in [-0.4, -0.2) is 36.1 Å². The Morgan fingerprint density at radius 2 is 2.00 bits per heavy atom. The predicted molar refractivity (Wildman–Crippen MR) is 93.7 cm³/mol. The van der Waals surface area contributed by atoms with Gasteiger partial charge < -0.3 is 15.0 Å². The molecule has 1 atom stereocenters. The molecule has 0 aliphatic heterocycles. The fourth-order valence-corrected chi connectivity index (χ4v) is 3.03. The molecule has 0 bridgehead atoms. The first-order valence-corrected chi connectivity index (χ1v) is 8.58. The van der Waals surface area contributed by atoms with Gasteiger partial charge in [0.25, 0.3) is 0 Å². The number of benzene rings is 1. The largest absolute Gasteiger partial charge is 0.444 e. The van der Waals surface area contributed by atoms with Crippen LogP contribution >= 0.6 is 0 Å². The van der Waals surface area contributed by atoms with Gasteiger partial charge in [-0.1, -0.05) is 24.3 Å². The van der Waals surface area contributed by atoms with E-state index in [4.69, 9.17) is 4.74 Å². The van der Waals surface area contributed by atoms with Gasteiger partial charge in [0.2, 0.25) is 5.91 Å². The van der Waals surface area contributed by atoms with Gasteiger partial charge in [-0.05, 0) is 51.2 Å². The number of amides is 2. The van der Waals surface area contributed by atoms with Crippen molar-refractivity contribution in [3.8, 4) is 0 Å². The number of ether oxygens (including phenoxy) is 1. The van der Waals surface area contributed by atoms with Gasteiger partial charge in [0.1, 0.15) is 5.60 Å². The molecule has 0 aromatic heterocycles. The zero-order chi connectivity index (χ0) is 17.7. The summed E-state index contributed by atoms with van der Waals surface area (Å²) in [6.45, 7) is 5.91. The zero-order valence-corrected chi connectivity index (χ0v) is 15.1. The standard InChI is InChI=1S/C19H28N2O3/c1-19(2,3)24-18(23)20-13-7-10-17(22)21(4)16-12-11-14-8-5-6-9-15(14)16/h5-6,8-9,16H,7,10-13H2,1-4H3,(H,20,23). The third-order valence-electron chi connectivity index (χ3n) is 4.20. The first-order valence-electron chi connectivity index (χ1n) is 8.58. The van der Waals surface area contributed by atoms with Gasteiger partial charge >= 0.3 is 6.09 Å². The van der Waals surface area contributed by atoms with E-state index in [-0.39, 0.29) is 11.9 Å². The Hall–Kier alpha value is -2.04. The van der Waals surface area contributed by atoms with Gasteiger partial charge in [0.15, 0.2) is 0 Å². The van der Waals surface area contributed by atoms with E-state index in [1.807, 2.05) is 44.9 Å². The van der Waals surface area contributed by atoms with Gasteiger partial charge in [-0.15, -0.1) is 0 Å². The second-order valence-electron chi connectivity index (χ2n) is 7.29. The van der Waals surface area contributed by atoms with Crippen LogP contribution in [0.2, 0.25) is 0 Å². The summed E-state index contributed by atoms with van der Waals surface area (Å²) in [5.74, 6) is 0.114. The van der Waals surface area contributed by atoms with Crippen LogP contribution in [0.4, 0.5) is 4.79 Å². The number of nitrogens with one attached hydrogen (secondary N) is 1. The zero-order valence-electron chi connectivity index (χ0n) is 15.1. The number of fused-ring (bicyclic) bond motifs is 1. The Kier molecular flexibility index (Phi) is 5.86. The number of rotatable bonds is 5. The highest BCUT2D eigenvalue weighted by atomic mass is 16.6. The maximum Gasteiger partial charge on any atom is 0.407 e. The number of carbonyl (C=O) groups is 2. The smallest absolute Gasteiger partial charge is 0.407 e. The molecule has 1 aliphatic carbocycles. The van der Waals surface area contributed by atoms with Crippen molar-refractivity contribution in [1.82, 2.24) is 10.2 Å². The van der Waals surface area contributed by atoms with E-state index in [2.05, 4.69) is 17.4 Å². The van der Waals surface area contributed by atoms with Crippen LogP contribution in [-0.2, 0) is 16.0 Å². The van der Waals surface area contributed by atoms with Crippen molar-refractivity contribution >= 4 is 12.0 Å². The lowest BCUT2D eigenvalue weighted by molar-refractivity contribution is -0.132.